The minimum absolute atomic E-state index is 0.129. The summed E-state index contributed by atoms with van der Waals surface area (Å²) >= 11 is 0. The molecule has 0 spiro atoms. The standard InChI is InChI=1S/C16H25N3O2/c1-2-18-15(20)13-7-6-12(17)10-14(13)19-11-16(21)8-4-3-5-9-16/h6-7,10,19,21H,2-5,8-9,11,17H2,1H3,(H,18,20). The third-order valence-electron chi connectivity index (χ3n) is 4.02. The number of benzene rings is 1. The molecule has 1 saturated carbocycles. The average molecular weight is 291 g/mol. The van der Waals surface area contributed by atoms with E-state index < -0.39 is 5.60 Å². The molecule has 1 amide bonds. The minimum Gasteiger partial charge on any atom is -0.399 e. The van der Waals surface area contributed by atoms with Crippen LogP contribution in [0.1, 0.15) is 49.4 Å². The smallest absolute Gasteiger partial charge is 0.253 e. The van der Waals surface area contributed by atoms with Crippen molar-refractivity contribution in [1.82, 2.24) is 5.32 Å². The van der Waals surface area contributed by atoms with Gasteiger partial charge in [0.2, 0.25) is 0 Å². The monoisotopic (exact) mass is 291 g/mol. The molecule has 0 unspecified atom stereocenters. The molecule has 1 aliphatic rings. The summed E-state index contributed by atoms with van der Waals surface area (Å²) in [4.78, 5) is 12.1. The predicted octanol–water partition coefficient (Wildman–Crippen LogP) is 2.13. The van der Waals surface area contributed by atoms with Crippen molar-refractivity contribution < 1.29 is 9.90 Å². The highest BCUT2D eigenvalue weighted by Crippen LogP contribution is 2.29. The van der Waals surface area contributed by atoms with Gasteiger partial charge >= 0.3 is 0 Å². The Morgan fingerprint density at radius 1 is 1.33 bits per heavy atom. The van der Waals surface area contributed by atoms with Crippen molar-refractivity contribution in [3.05, 3.63) is 23.8 Å². The molecule has 5 nitrogen and oxygen atoms in total. The summed E-state index contributed by atoms with van der Waals surface area (Å²) in [5.41, 5.74) is 6.97. The lowest BCUT2D eigenvalue weighted by molar-refractivity contribution is 0.0167. The Hall–Kier alpha value is -1.75. The van der Waals surface area contributed by atoms with Crippen molar-refractivity contribution in [1.29, 1.82) is 0 Å². The van der Waals surface area contributed by atoms with Crippen molar-refractivity contribution in [3.63, 3.8) is 0 Å². The number of carbonyl (C=O) groups is 1. The van der Waals surface area contributed by atoms with E-state index in [-0.39, 0.29) is 5.91 Å². The Morgan fingerprint density at radius 2 is 2.05 bits per heavy atom. The van der Waals surface area contributed by atoms with Gasteiger partial charge in [0.1, 0.15) is 0 Å². The second-order valence-corrected chi connectivity index (χ2v) is 5.80. The molecule has 0 radical (unpaired) electrons. The van der Waals surface area contributed by atoms with Crippen LogP contribution < -0.4 is 16.4 Å². The largest absolute Gasteiger partial charge is 0.399 e. The first-order valence-electron chi connectivity index (χ1n) is 7.68. The number of nitrogens with two attached hydrogens (primary N) is 1. The van der Waals surface area contributed by atoms with E-state index >= 15 is 0 Å². The van der Waals surface area contributed by atoms with Crippen LogP contribution in [0.4, 0.5) is 11.4 Å². The average Bonchev–Trinajstić information content (AvgIpc) is 2.46. The molecule has 1 aliphatic carbocycles. The van der Waals surface area contributed by atoms with Gasteiger partial charge in [0.05, 0.1) is 11.2 Å². The zero-order valence-electron chi connectivity index (χ0n) is 12.6. The van der Waals surface area contributed by atoms with Crippen molar-refractivity contribution in [2.24, 2.45) is 0 Å². The Balaban J connectivity index is 2.10. The Labute approximate surface area is 125 Å². The first kappa shape index (κ1) is 15.6. The first-order chi connectivity index (χ1) is 10.0. The van der Waals surface area contributed by atoms with Gasteiger partial charge in [-0.05, 0) is 38.0 Å². The van der Waals surface area contributed by atoms with E-state index in [1.54, 1.807) is 18.2 Å². The third-order valence-corrected chi connectivity index (χ3v) is 4.02. The highest BCUT2D eigenvalue weighted by Gasteiger charge is 2.29. The van der Waals surface area contributed by atoms with E-state index in [0.29, 0.717) is 30.0 Å². The lowest BCUT2D eigenvalue weighted by atomic mass is 9.85. The number of amides is 1. The number of nitrogen functional groups attached to an aromatic ring is 1. The fourth-order valence-corrected chi connectivity index (χ4v) is 2.81. The third kappa shape index (κ3) is 4.11. The highest BCUT2D eigenvalue weighted by molar-refractivity contribution is 6.00. The van der Waals surface area contributed by atoms with Gasteiger partial charge in [0, 0.05) is 24.5 Å². The van der Waals surface area contributed by atoms with Crippen molar-refractivity contribution >= 4 is 17.3 Å². The van der Waals surface area contributed by atoms with Crippen LogP contribution in [-0.2, 0) is 0 Å². The molecular weight excluding hydrogens is 266 g/mol. The van der Waals surface area contributed by atoms with Gasteiger partial charge in [0.15, 0.2) is 0 Å². The maximum absolute atomic E-state index is 12.1. The number of carbonyl (C=O) groups excluding carboxylic acids is 1. The zero-order valence-corrected chi connectivity index (χ0v) is 12.6. The molecule has 5 N–H and O–H groups in total. The van der Waals surface area contributed by atoms with Gasteiger partial charge < -0.3 is 21.5 Å². The predicted molar refractivity (Wildman–Crippen MR) is 85.4 cm³/mol. The second kappa shape index (κ2) is 6.80. The van der Waals surface area contributed by atoms with Crippen LogP contribution in [0, 0.1) is 0 Å². The summed E-state index contributed by atoms with van der Waals surface area (Å²) in [7, 11) is 0. The SMILES string of the molecule is CCNC(=O)c1ccc(N)cc1NCC1(O)CCCCC1. The summed E-state index contributed by atoms with van der Waals surface area (Å²) in [6.07, 6.45) is 4.90. The summed E-state index contributed by atoms with van der Waals surface area (Å²) in [5, 5.41) is 16.5. The summed E-state index contributed by atoms with van der Waals surface area (Å²) in [5.74, 6) is -0.129. The van der Waals surface area contributed by atoms with E-state index in [0.717, 1.165) is 25.7 Å². The normalized spacial score (nSPS) is 17.2. The molecule has 0 aromatic heterocycles. The molecule has 0 atom stereocenters. The summed E-state index contributed by atoms with van der Waals surface area (Å²) in [6.45, 7) is 2.91. The topological polar surface area (TPSA) is 87.4 Å². The Morgan fingerprint density at radius 3 is 2.71 bits per heavy atom. The number of rotatable bonds is 5. The van der Waals surface area contributed by atoms with Crippen LogP contribution in [0.3, 0.4) is 0 Å². The molecule has 1 fully saturated rings. The Bertz CT molecular complexity index is 496. The van der Waals surface area contributed by atoms with Gasteiger partial charge in [-0.25, -0.2) is 0 Å². The van der Waals surface area contributed by atoms with Crippen LogP contribution in [0.25, 0.3) is 0 Å². The van der Waals surface area contributed by atoms with Crippen LogP contribution in [0.15, 0.2) is 18.2 Å². The van der Waals surface area contributed by atoms with Crippen LogP contribution in [0.5, 0.6) is 0 Å². The van der Waals surface area contributed by atoms with E-state index in [9.17, 15) is 9.90 Å². The fourth-order valence-electron chi connectivity index (χ4n) is 2.81. The lowest BCUT2D eigenvalue weighted by Crippen LogP contribution is -2.39. The molecule has 116 valence electrons. The lowest BCUT2D eigenvalue weighted by Gasteiger charge is -2.32. The van der Waals surface area contributed by atoms with Gasteiger partial charge in [0.25, 0.3) is 5.91 Å². The van der Waals surface area contributed by atoms with Crippen molar-refractivity contribution in [2.75, 3.05) is 24.1 Å². The molecule has 0 saturated heterocycles. The number of hydrogen-bond acceptors (Lipinski definition) is 4. The van der Waals surface area contributed by atoms with Crippen LogP contribution in [-0.4, -0.2) is 29.7 Å². The number of anilines is 2. The number of hydrogen-bond donors (Lipinski definition) is 4. The molecular formula is C16H25N3O2. The van der Waals surface area contributed by atoms with Crippen LogP contribution >= 0.6 is 0 Å². The first-order valence-corrected chi connectivity index (χ1v) is 7.68. The number of nitrogens with one attached hydrogen (secondary N) is 2. The van der Waals surface area contributed by atoms with Crippen molar-refractivity contribution in [2.45, 2.75) is 44.6 Å². The van der Waals surface area contributed by atoms with E-state index in [1.165, 1.54) is 6.42 Å². The van der Waals surface area contributed by atoms with E-state index in [4.69, 9.17) is 5.73 Å². The quantitative estimate of drug-likeness (QED) is 0.626. The Kier molecular flexibility index (Phi) is 5.07. The van der Waals surface area contributed by atoms with Gasteiger partial charge in [-0.3, -0.25) is 4.79 Å². The van der Waals surface area contributed by atoms with E-state index in [1.807, 2.05) is 6.92 Å². The molecule has 1 aromatic rings. The van der Waals surface area contributed by atoms with Gasteiger partial charge in [-0.2, -0.15) is 0 Å². The number of aliphatic hydroxyl groups is 1. The van der Waals surface area contributed by atoms with E-state index in [2.05, 4.69) is 10.6 Å². The molecule has 2 rings (SSSR count). The van der Waals surface area contributed by atoms with Crippen molar-refractivity contribution in [3.8, 4) is 0 Å². The molecule has 0 heterocycles. The molecule has 21 heavy (non-hydrogen) atoms. The molecule has 5 heteroatoms. The highest BCUT2D eigenvalue weighted by atomic mass is 16.3. The summed E-state index contributed by atoms with van der Waals surface area (Å²) < 4.78 is 0. The molecule has 0 aliphatic heterocycles. The maximum atomic E-state index is 12.1. The second-order valence-electron chi connectivity index (χ2n) is 5.80. The van der Waals surface area contributed by atoms with Crippen LogP contribution in [0.2, 0.25) is 0 Å². The van der Waals surface area contributed by atoms with Gasteiger partial charge in [-0.1, -0.05) is 19.3 Å². The summed E-state index contributed by atoms with van der Waals surface area (Å²) in [6, 6.07) is 5.18. The fraction of sp³-hybridized carbons (Fsp3) is 0.562. The maximum Gasteiger partial charge on any atom is 0.253 e. The zero-order chi connectivity index (χ0) is 15.3. The minimum atomic E-state index is -0.679. The molecule has 1 aromatic carbocycles. The molecule has 0 bridgehead atoms. The van der Waals surface area contributed by atoms with Gasteiger partial charge in [-0.15, -0.1) is 0 Å².